The summed E-state index contributed by atoms with van der Waals surface area (Å²) in [4.78, 5) is 25.1. The molecule has 0 radical (unpaired) electrons. The van der Waals surface area contributed by atoms with Crippen LogP contribution < -0.4 is 5.32 Å². The minimum Gasteiger partial charge on any atom is -0.349 e. The lowest BCUT2D eigenvalue weighted by Crippen LogP contribution is -2.61. The Bertz CT molecular complexity index is 814. The molecule has 1 aliphatic heterocycles. The number of benzene rings is 2. The monoisotopic (exact) mass is 395 g/mol. The Balaban J connectivity index is 1.98. The van der Waals surface area contributed by atoms with Crippen molar-refractivity contribution in [2.75, 3.05) is 5.94 Å². The van der Waals surface area contributed by atoms with Gasteiger partial charge in [0.15, 0.2) is 5.60 Å². The summed E-state index contributed by atoms with van der Waals surface area (Å²) >= 11 is 1.17. The number of halogens is 3. The third-order valence-electron chi connectivity index (χ3n) is 4.32. The first-order chi connectivity index (χ1) is 12.8. The van der Waals surface area contributed by atoms with Gasteiger partial charge in [-0.3, -0.25) is 14.9 Å². The van der Waals surface area contributed by atoms with E-state index in [2.05, 4.69) is 0 Å². The maximum atomic E-state index is 13.8. The smallest absolute Gasteiger partial charge is 0.349 e. The predicted molar refractivity (Wildman–Crippen MR) is 93.7 cm³/mol. The van der Waals surface area contributed by atoms with Crippen LogP contribution in [0, 0.1) is 5.92 Å². The molecule has 0 aromatic heterocycles. The molecule has 2 aromatic rings. The number of nitrogens with one attached hydrogen (secondary N) is 1. The maximum absolute atomic E-state index is 13.8. The Morgan fingerprint density at radius 1 is 1.04 bits per heavy atom. The van der Waals surface area contributed by atoms with Gasteiger partial charge in [-0.1, -0.05) is 60.3 Å². The molecule has 0 saturated carbocycles. The Hall–Kier alpha value is -2.32. The lowest BCUT2D eigenvalue weighted by Gasteiger charge is -2.42. The van der Waals surface area contributed by atoms with Gasteiger partial charge >= 0.3 is 6.18 Å². The van der Waals surface area contributed by atoms with Crippen LogP contribution in [-0.4, -0.2) is 23.9 Å². The van der Waals surface area contributed by atoms with E-state index in [-0.39, 0.29) is 11.5 Å². The number of imide groups is 1. The average Bonchev–Trinajstić information content (AvgIpc) is 2.64. The molecular weight excluding hydrogens is 379 g/mol. The van der Waals surface area contributed by atoms with E-state index >= 15 is 0 Å². The Labute approximate surface area is 158 Å². The van der Waals surface area contributed by atoms with Gasteiger partial charge < -0.3 is 4.74 Å². The SMILES string of the molecule is O=C1CC(C(F)(F)F)C(OCSc2ccccc2)(c2ccccc2)C(=O)N1. The number of hydrogen-bond acceptors (Lipinski definition) is 4. The van der Waals surface area contributed by atoms with Gasteiger partial charge in [0.1, 0.15) is 5.92 Å². The van der Waals surface area contributed by atoms with Crippen molar-refractivity contribution >= 4 is 23.6 Å². The van der Waals surface area contributed by atoms with Crippen molar-refractivity contribution in [2.45, 2.75) is 23.1 Å². The van der Waals surface area contributed by atoms with E-state index in [4.69, 9.17) is 4.74 Å². The molecule has 4 nitrogen and oxygen atoms in total. The van der Waals surface area contributed by atoms with E-state index < -0.39 is 35.9 Å². The molecule has 1 heterocycles. The van der Waals surface area contributed by atoms with Crippen LogP contribution in [0.3, 0.4) is 0 Å². The fourth-order valence-corrected chi connectivity index (χ4v) is 3.81. The van der Waals surface area contributed by atoms with E-state index in [0.29, 0.717) is 0 Å². The van der Waals surface area contributed by atoms with Gasteiger partial charge in [-0.25, -0.2) is 0 Å². The Morgan fingerprint density at radius 2 is 1.63 bits per heavy atom. The molecule has 2 atom stereocenters. The summed E-state index contributed by atoms with van der Waals surface area (Å²) in [5.74, 6) is -4.52. The van der Waals surface area contributed by atoms with Gasteiger partial charge in [-0.05, 0) is 17.7 Å². The molecule has 1 saturated heterocycles. The molecule has 8 heteroatoms. The third kappa shape index (κ3) is 4.01. The van der Waals surface area contributed by atoms with Gasteiger partial charge in [-0.15, -0.1) is 0 Å². The summed E-state index contributed by atoms with van der Waals surface area (Å²) in [6.07, 6.45) is -5.67. The second-order valence-electron chi connectivity index (χ2n) is 6.00. The predicted octanol–water partition coefficient (Wildman–Crippen LogP) is 3.87. The third-order valence-corrected chi connectivity index (χ3v) is 5.16. The topological polar surface area (TPSA) is 55.4 Å². The normalized spacial score (nSPS) is 23.1. The zero-order valence-corrected chi connectivity index (χ0v) is 14.8. The van der Waals surface area contributed by atoms with Crippen LogP contribution in [0.15, 0.2) is 65.6 Å². The highest BCUT2D eigenvalue weighted by Gasteiger charge is 2.62. The highest BCUT2D eigenvalue weighted by molar-refractivity contribution is 7.99. The number of alkyl halides is 3. The molecule has 142 valence electrons. The lowest BCUT2D eigenvalue weighted by molar-refractivity contribution is -0.242. The van der Waals surface area contributed by atoms with E-state index in [9.17, 15) is 22.8 Å². The molecule has 1 N–H and O–H groups in total. The highest BCUT2D eigenvalue weighted by Crippen LogP contribution is 2.47. The first kappa shape index (κ1) is 19.4. The summed E-state index contributed by atoms with van der Waals surface area (Å²) in [6.45, 7) is 0. The highest BCUT2D eigenvalue weighted by atomic mass is 32.2. The molecule has 3 rings (SSSR count). The van der Waals surface area contributed by atoms with Crippen LogP contribution >= 0.6 is 11.8 Å². The minimum atomic E-state index is -4.79. The largest absolute Gasteiger partial charge is 0.395 e. The van der Waals surface area contributed by atoms with Crippen LogP contribution in [0.5, 0.6) is 0 Å². The second-order valence-corrected chi connectivity index (χ2v) is 6.99. The quantitative estimate of drug-likeness (QED) is 0.474. The molecular formula is C19H16F3NO3S. The van der Waals surface area contributed by atoms with E-state index in [1.807, 2.05) is 11.4 Å². The van der Waals surface area contributed by atoms with Crippen molar-refractivity contribution < 1.29 is 27.5 Å². The molecule has 1 fully saturated rings. The molecule has 0 bridgehead atoms. The van der Waals surface area contributed by atoms with Crippen molar-refractivity contribution in [2.24, 2.45) is 5.92 Å². The van der Waals surface area contributed by atoms with E-state index in [1.54, 1.807) is 30.3 Å². The molecule has 0 spiro atoms. The van der Waals surface area contributed by atoms with Gasteiger partial charge in [0.25, 0.3) is 5.91 Å². The Morgan fingerprint density at radius 3 is 2.22 bits per heavy atom. The van der Waals surface area contributed by atoms with Gasteiger partial charge in [0, 0.05) is 11.3 Å². The summed E-state index contributed by atoms with van der Waals surface area (Å²) < 4.78 is 47.0. The molecule has 27 heavy (non-hydrogen) atoms. The van der Waals surface area contributed by atoms with Crippen molar-refractivity contribution in [1.29, 1.82) is 0 Å². The number of rotatable bonds is 5. The average molecular weight is 395 g/mol. The van der Waals surface area contributed by atoms with Crippen molar-refractivity contribution in [3.8, 4) is 0 Å². The van der Waals surface area contributed by atoms with Gasteiger partial charge in [-0.2, -0.15) is 13.2 Å². The summed E-state index contributed by atoms with van der Waals surface area (Å²) in [7, 11) is 0. The van der Waals surface area contributed by atoms with Crippen molar-refractivity contribution in [1.82, 2.24) is 5.32 Å². The fraction of sp³-hybridized carbons (Fsp3) is 0.263. The number of piperidine rings is 1. The lowest BCUT2D eigenvalue weighted by atomic mass is 9.75. The summed E-state index contributed by atoms with van der Waals surface area (Å²) in [6, 6.07) is 16.5. The second kappa shape index (κ2) is 7.74. The first-order valence-corrected chi connectivity index (χ1v) is 9.11. The maximum Gasteiger partial charge on any atom is 0.395 e. The molecule has 2 aromatic carbocycles. The van der Waals surface area contributed by atoms with E-state index in [0.717, 1.165) is 4.90 Å². The van der Waals surface area contributed by atoms with Crippen molar-refractivity contribution in [3.63, 3.8) is 0 Å². The van der Waals surface area contributed by atoms with Crippen LogP contribution in [0.25, 0.3) is 0 Å². The van der Waals surface area contributed by atoms with Crippen molar-refractivity contribution in [3.05, 3.63) is 66.2 Å². The number of amides is 2. The van der Waals surface area contributed by atoms with Crippen LogP contribution in [0.1, 0.15) is 12.0 Å². The molecule has 2 unspecified atom stereocenters. The molecule has 0 aliphatic carbocycles. The van der Waals surface area contributed by atoms with Gasteiger partial charge in [0.05, 0.1) is 5.94 Å². The standard InChI is InChI=1S/C19H16F3NO3S/c20-19(21,22)15-11-16(24)23-17(25)18(15,13-7-3-1-4-8-13)26-12-27-14-9-5-2-6-10-14/h1-10,15H,11-12H2,(H,23,24,25). The fourth-order valence-electron chi connectivity index (χ4n) is 3.08. The Kier molecular flexibility index (Phi) is 5.57. The number of carbonyl (C=O) groups excluding carboxylic acids is 2. The first-order valence-electron chi connectivity index (χ1n) is 8.12. The number of carbonyl (C=O) groups is 2. The number of hydrogen-bond donors (Lipinski definition) is 1. The van der Waals surface area contributed by atoms with E-state index in [1.165, 1.54) is 36.0 Å². The van der Waals surface area contributed by atoms with Crippen LogP contribution in [0.2, 0.25) is 0 Å². The van der Waals surface area contributed by atoms with Gasteiger partial charge in [0.2, 0.25) is 5.91 Å². The number of thioether (sulfide) groups is 1. The summed E-state index contributed by atoms with van der Waals surface area (Å²) in [5, 5.41) is 2.01. The van der Waals surface area contributed by atoms with Crippen LogP contribution in [0.4, 0.5) is 13.2 Å². The zero-order chi connectivity index (χ0) is 19.5. The minimum absolute atomic E-state index is 0.0611. The summed E-state index contributed by atoms with van der Waals surface area (Å²) in [5.41, 5.74) is -2.26. The molecule has 2 amide bonds. The number of ether oxygens (including phenoxy) is 1. The van der Waals surface area contributed by atoms with Crippen LogP contribution in [-0.2, 0) is 19.9 Å². The zero-order valence-electron chi connectivity index (χ0n) is 14.0. The molecule has 1 aliphatic rings.